The van der Waals surface area contributed by atoms with E-state index in [-0.39, 0.29) is 11.7 Å². The molecule has 0 saturated carbocycles. The Labute approximate surface area is 115 Å². The van der Waals surface area contributed by atoms with Crippen molar-refractivity contribution in [2.45, 2.75) is 6.42 Å². The first kappa shape index (κ1) is 13.7. The molecular formula is C15H12FN3O. The van der Waals surface area contributed by atoms with Gasteiger partial charge in [0.15, 0.2) is 0 Å². The van der Waals surface area contributed by atoms with Crippen molar-refractivity contribution in [1.82, 2.24) is 10.3 Å². The van der Waals surface area contributed by atoms with E-state index in [2.05, 4.69) is 10.3 Å². The molecule has 0 saturated heterocycles. The third-order valence-corrected chi connectivity index (χ3v) is 2.77. The molecule has 0 radical (unpaired) electrons. The van der Waals surface area contributed by atoms with Gasteiger partial charge in [-0.1, -0.05) is 18.2 Å². The Morgan fingerprint density at radius 3 is 2.90 bits per heavy atom. The molecule has 1 aromatic carbocycles. The molecule has 5 heteroatoms. The molecular weight excluding hydrogens is 257 g/mol. The number of carbonyl (C=O) groups is 1. The summed E-state index contributed by atoms with van der Waals surface area (Å²) in [4.78, 5) is 15.6. The molecule has 1 aromatic heterocycles. The minimum atomic E-state index is -0.328. The van der Waals surface area contributed by atoms with Crippen LogP contribution in [0.4, 0.5) is 4.39 Å². The van der Waals surface area contributed by atoms with Crippen molar-refractivity contribution in [1.29, 1.82) is 5.26 Å². The van der Waals surface area contributed by atoms with Crippen LogP contribution >= 0.6 is 0 Å². The molecule has 20 heavy (non-hydrogen) atoms. The van der Waals surface area contributed by atoms with E-state index in [1.807, 2.05) is 6.07 Å². The topological polar surface area (TPSA) is 65.8 Å². The summed E-state index contributed by atoms with van der Waals surface area (Å²) < 4.78 is 13.4. The number of aromatic nitrogens is 1. The van der Waals surface area contributed by atoms with Crippen LogP contribution < -0.4 is 5.32 Å². The number of pyridine rings is 1. The SMILES string of the molecule is N#Cc1cncc(C(=O)NCCc2ccccc2F)c1. The highest BCUT2D eigenvalue weighted by molar-refractivity contribution is 5.94. The standard InChI is InChI=1S/C15H12FN3O/c16-14-4-2-1-3-12(14)5-6-19-15(20)13-7-11(8-17)9-18-10-13/h1-4,7,9-10H,5-6H2,(H,19,20). The molecule has 0 unspecified atom stereocenters. The van der Waals surface area contributed by atoms with E-state index in [9.17, 15) is 9.18 Å². The summed E-state index contributed by atoms with van der Waals surface area (Å²) >= 11 is 0. The summed E-state index contributed by atoms with van der Waals surface area (Å²) in [6.07, 6.45) is 3.18. The second kappa shape index (κ2) is 6.43. The Balaban J connectivity index is 1.93. The van der Waals surface area contributed by atoms with E-state index in [0.717, 1.165) is 0 Å². The number of halogens is 1. The molecule has 1 N–H and O–H groups in total. The van der Waals surface area contributed by atoms with E-state index in [1.54, 1.807) is 18.2 Å². The van der Waals surface area contributed by atoms with Crippen molar-refractivity contribution in [3.8, 4) is 6.07 Å². The summed E-state index contributed by atoms with van der Waals surface area (Å²) in [5, 5.41) is 11.4. The van der Waals surface area contributed by atoms with Gasteiger partial charge in [0.1, 0.15) is 11.9 Å². The molecule has 2 rings (SSSR count). The number of nitrogens with zero attached hydrogens (tertiary/aromatic N) is 2. The van der Waals surface area contributed by atoms with Crippen molar-refractivity contribution >= 4 is 5.91 Å². The van der Waals surface area contributed by atoms with E-state index >= 15 is 0 Å². The quantitative estimate of drug-likeness (QED) is 0.924. The maximum atomic E-state index is 13.4. The Hall–Kier alpha value is -2.74. The minimum absolute atomic E-state index is 0.283. The Bertz CT molecular complexity index is 664. The Kier molecular flexibility index (Phi) is 4.40. The van der Waals surface area contributed by atoms with Crippen LogP contribution in [-0.4, -0.2) is 17.4 Å². The molecule has 4 nitrogen and oxygen atoms in total. The molecule has 100 valence electrons. The molecule has 2 aromatic rings. The fraction of sp³-hybridized carbons (Fsp3) is 0.133. The Morgan fingerprint density at radius 1 is 1.35 bits per heavy atom. The number of hydrogen-bond acceptors (Lipinski definition) is 3. The number of benzene rings is 1. The predicted octanol–water partition coefficient (Wildman–Crippen LogP) is 2.06. The van der Waals surface area contributed by atoms with E-state index in [0.29, 0.717) is 29.7 Å². The van der Waals surface area contributed by atoms with Crippen LogP contribution in [0.15, 0.2) is 42.7 Å². The lowest BCUT2D eigenvalue weighted by atomic mass is 10.1. The van der Waals surface area contributed by atoms with Crippen LogP contribution in [0, 0.1) is 17.1 Å². The average molecular weight is 269 g/mol. The smallest absolute Gasteiger partial charge is 0.252 e. The zero-order valence-electron chi connectivity index (χ0n) is 10.6. The molecule has 0 bridgehead atoms. The van der Waals surface area contributed by atoms with Crippen LogP contribution in [0.5, 0.6) is 0 Å². The second-order valence-corrected chi connectivity index (χ2v) is 4.17. The number of rotatable bonds is 4. The highest BCUT2D eigenvalue weighted by atomic mass is 19.1. The van der Waals surface area contributed by atoms with Gasteiger partial charge in [0, 0.05) is 18.9 Å². The van der Waals surface area contributed by atoms with Crippen molar-refractivity contribution in [2.75, 3.05) is 6.54 Å². The number of hydrogen-bond donors (Lipinski definition) is 1. The predicted molar refractivity (Wildman–Crippen MR) is 71.4 cm³/mol. The first-order valence-electron chi connectivity index (χ1n) is 6.07. The minimum Gasteiger partial charge on any atom is -0.352 e. The van der Waals surface area contributed by atoms with Crippen molar-refractivity contribution < 1.29 is 9.18 Å². The number of nitriles is 1. The zero-order chi connectivity index (χ0) is 14.4. The lowest BCUT2D eigenvalue weighted by Crippen LogP contribution is -2.26. The van der Waals surface area contributed by atoms with Gasteiger partial charge in [0.2, 0.25) is 0 Å². The average Bonchev–Trinajstić information content (AvgIpc) is 2.49. The van der Waals surface area contributed by atoms with Gasteiger partial charge in [-0.15, -0.1) is 0 Å². The summed E-state index contributed by atoms with van der Waals surface area (Å²) in [6, 6.07) is 9.82. The van der Waals surface area contributed by atoms with Crippen LogP contribution in [0.2, 0.25) is 0 Å². The molecule has 0 atom stereocenters. The van der Waals surface area contributed by atoms with Crippen molar-refractivity contribution in [3.05, 3.63) is 65.2 Å². The molecule has 0 fully saturated rings. The number of nitrogens with one attached hydrogen (secondary N) is 1. The normalized spacial score (nSPS) is 9.80. The van der Waals surface area contributed by atoms with Gasteiger partial charge in [-0.3, -0.25) is 9.78 Å². The maximum Gasteiger partial charge on any atom is 0.252 e. The molecule has 0 aliphatic heterocycles. The fourth-order valence-electron chi connectivity index (χ4n) is 1.74. The third-order valence-electron chi connectivity index (χ3n) is 2.77. The van der Waals surface area contributed by atoms with Gasteiger partial charge in [0.25, 0.3) is 5.91 Å². The third kappa shape index (κ3) is 3.39. The highest BCUT2D eigenvalue weighted by Gasteiger charge is 2.07. The van der Waals surface area contributed by atoms with Gasteiger partial charge in [0.05, 0.1) is 11.1 Å². The van der Waals surface area contributed by atoms with E-state index in [4.69, 9.17) is 5.26 Å². The molecule has 0 aliphatic carbocycles. The molecule has 1 heterocycles. The van der Waals surface area contributed by atoms with Crippen LogP contribution in [0.25, 0.3) is 0 Å². The van der Waals surface area contributed by atoms with E-state index in [1.165, 1.54) is 24.5 Å². The van der Waals surface area contributed by atoms with Crippen LogP contribution in [0.1, 0.15) is 21.5 Å². The van der Waals surface area contributed by atoms with Crippen molar-refractivity contribution in [3.63, 3.8) is 0 Å². The van der Waals surface area contributed by atoms with Gasteiger partial charge < -0.3 is 5.32 Å². The summed E-state index contributed by atoms with van der Waals surface area (Å²) in [7, 11) is 0. The zero-order valence-corrected chi connectivity index (χ0v) is 10.6. The number of amides is 1. The fourth-order valence-corrected chi connectivity index (χ4v) is 1.74. The molecule has 1 amide bonds. The highest BCUT2D eigenvalue weighted by Crippen LogP contribution is 2.06. The Morgan fingerprint density at radius 2 is 2.15 bits per heavy atom. The van der Waals surface area contributed by atoms with Gasteiger partial charge in [-0.2, -0.15) is 5.26 Å². The monoisotopic (exact) mass is 269 g/mol. The van der Waals surface area contributed by atoms with Crippen LogP contribution in [0.3, 0.4) is 0 Å². The first-order valence-corrected chi connectivity index (χ1v) is 6.07. The summed E-state index contributed by atoms with van der Waals surface area (Å²) in [5.74, 6) is -0.610. The van der Waals surface area contributed by atoms with Crippen molar-refractivity contribution in [2.24, 2.45) is 0 Å². The largest absolute Gasteiger partial charge is 0.352 e. The lowest BCUT2D eigenvalue weighted by molar-refractivity contribution is 0.0953. The van der Waals surface area contributed by atoms with E-state index < -0.39 is 0 Å². The molecule has 0 spiro atoms. The summed E-state index contributed by atoms with van der Waals surface area (Å²) in [6.45, 7) is 0.316. The maximum absolute atomic E-state index is 13.4. The summed E-state index contributed by atoms with van der Waals surface area (Å²) in [5.41, 5.74) is 1.20. The van der Waals surface area contributed by atoms with Crippen LogP contribution in [-0.2, 0) is 6.42 Å². The lowest BCUT2D eigenvalue weighted by Gasteiger charge is -2.06. The second-order valence-electron chi connectivity index (χ2n) is 4.17. The van der Waals surface area contributed by atoms with Gasteiger partial charge in [-0.25, -0.2) is 4.39 Å². The van der Waals surface area contributed by atoms with Gasteiger partial charge in [-0.05, 0) is 24.1 Å². The molecule has 0 aliphatic rings. The van der Waals surface area contributed by atoms with Gasteiger partial charge >= 0.3 is 0 Å². The first-order chi connectivity index (χ1) is 9.70. The number of carbonyl (C=O) groups excluding carboxylic acids is 1.